The monoisotopic (exact) mass is 167 g/mol. The summed E-state index contributed by atoms with van der Waals surface area (Å²) in [6.45, 7) is 2.87. The highest BCUT2D eigenvalue weighted by Gasteiger charge is 1.95. The summed E-state index contributed by atoms with van der Waals surface area (Å²) in [6.07, 6.45) is 2.69. The summed E-state index contributed by atoms with van der Waals surface area (Å²) in [7, 11) is 0. The highest BCUT2D eigenvalue weighted by atomic mass is 16.3. The molecule has 0 aliphatic carbocycles. The zero-order chi connectivity index (χ0) is 8.81. The summed E-state index contributed by atoms with van der Waals surface area (Å²) < 4.78 is 0. The third kappa shape index (κ3) is 2.47. The van der Waals surface area contributed by atoms with Gasteiger partial charge in [0, 0.05) is 12.7 Å². The van der Waals surface area contributed by atoms with Gasteiger partial charge in [-0.1, -0.05) is 6.92 Å². The van der Waals surface area contributed by atoms with Gasteiger partial charge in [-0.2, -0.15) is 0 Å². The third-order valence-electron chi connectivity index (χ3n) is 1.40. The van der Waals surface area contributed by atoms with Crippen molar-refractivity contribution < 1.29 is 5.11 Å². The van der Waals surface area contributed by atoms with Crippen LogP contribution in [0.1, 0.15) is 19.2 Å². The maximum Gasteiger partial charge on any atom is 0.156 e. The largest absolute Gasteiger partial charge is 0.388 e. The molecule has 0 aliphatic rings. The first-order chi connectivity index (χ1) is 5.86. The zero-order valence-corrected chi connectivity index (χ0v) is 7.12. The molecule has 4 nitrogen and oxygen atoms in total. The van der Waals surface area contributed by atoms with Crippen molar-refractivity contribution in [1.29, 1.82) is 0 Å². The van der Waals surface area contributed by atoms with E-state index in [0.717, 1.165) is 18.8 Å². The SMILES string of the molecule is CCCNc1ccnc(CO)n1. The molecule has 0 radical (unpaired) electrons. The van der Waals surface area contributed by atoms with Gasteiger partial charge in [0.05, 0.1) is 0 Å². The lowest BCUT2D eigenvalue weighted by Crippen LogP contribution is -2.04. The fourth-order valence-corrected chi connectivity index (χ4v) is 0.827. The van der Waals surface area contributed by atoms with Crippen LogP contribution in [0.15, 0.2) is 12.3 Å². The molecule has 1 aromatic rings. The fourth-order valence-electron chi connectivity index (χ4n) is 0.827. The van der Waals surface area contributed by atoms with Crippen LogP contribution >= 0.6 is 0 Å². The standard InChI is InChI=1S/C8H13N3O/c1-2-4-9-7-3-5-10-8(6-12)11-7/h3,5,12H,2,4,6H2,1H3,(H,9,10,11). The molecule has 0 atom stereocenters. The first-order valence-electron chi connectivity index (χ1n) is 4.03. The molecular formula is C8H13N3O. The van der Waals surface area contributed by atoms with E-state index in [-0.39, 0.29) is 6.61 Å². The molecule has 4 heteroatoms. The van der Waals surface area contributed by atoms with Gasteiger partial charge in [0.2, 0.25) is 0 Å². The van der Waals surface area contributed by atoms with E-state index in [1.54, 1.807) is 12.3 Å². The molecule has 1 heterocycles. The van der Waals surface area contributed by atoms with Crippen molar-refractivity contribution in [3.8, 4) is 0 Å². The number of hydrogen-bond donors (Lipinski definition) is 2. The van der Waals surface area contributed by atoms with Gasteiger partial charge in [-0.3, -0.25) is 0 Å². The Labute approximate surface area is 71.7 Å². The van der Waals surface area contributed by atoms with Crippen LogP contribution in [-0.4, -0.2) is 21.6 Å². The molecule has 0 saturated carbocycles. The number of anilines is 1. The number of nitrogens with zero attached hydrogens (tertiary/aromatic N) is 2. The van der Waals surface area contributed by atoms with Crippen molar-refractivity contribution in [2.24, 2.45) is 0 Å². The number of aliphatic hydroxyl groups is 1. The Hall–Kier alpha value is -1.16. The van der Waals surface area contributed by atoms with Crippen molar-refractivity contribution >= 4 is 5.82 Å². The Morgan fingerprint density at radius 1 is 1.58 bits per heavy atom. The minimum Gasteiger partial charge on any atom is -0.388 e. The van der Waals surface area contributed by atoms with Crippen molar-refractivity contribution in [2.75, 3.05) is 11.9 Å². The van der Waals surface area contributed by atoms with Crippen molar-refractivity contribution in [3.05, 3.63) is 18.1 Å². The van der Waals surface area contributed by atoms with Gasteiger partial charge in [0.15, 0.2) is 5.82 Å². The Kier molecular flexibility index (Phi) is 3.47. The number of nitrogens with one attached hydrogen (secondary N) is 1. The summed E-state index contributed by atoms with van der Waals surface area (Å²) in [5.74, 6) is 1.23. The zero-order valence-electron chi connectivity index (χ0n) is 7.12. The normalized spacial score (nSPS) is 9.83. The molecule has 0 aliphatic heterocycles. The summed E-state index contributed by atoms with van der Waals surface area (Å²) >= 11 is 0. The Morgan fingerprint density at radius 2 is 2.42 bits per heavy atom. The molecule has 0 bridgehead atoms. The lowest BCUT2D eigenvalue weighted by Gasteiger charge is -2.03. The van der Waals surface area contributed by atoms with Gasteiger partial charge in [-0.25, -0.2) is 9.97 Å². The molecule has 12 heavy (non-hydrogen) atoms. The summed E-state index contributed by atoms with van der Waals surface area (Å²) in [5, 5.41) is 11.8. The number of aliphatic hydroxyl groups excluding tert-OH is 1. The van der Waals surface area contributed by atoms with Crippen LogP contribution < -0.4 is 5.32 Å². The molecule has 1 rings (SSSR count). The Bertz CT molecular complexity index is 239. The molecule has 0 aromatic carbocycles. The maximum absolute atomic E-state index is 8.73. The van der Waals surface area contributed by atoms with Gasteiger partial charge in [-0.05, 0) is 12.5 Å². The molecule has 2 N–H and O–H groups in total. The number of rotatable bonds is 4. The first-order valence-corrected chi connectivity index (χ1v) is 4.03. The predicted octanol–water partition coefficient (Wildman–Crippen LogP) is 0.791. The van der Waals surface area contributed by atoms with Gasteiger partial charge in [-0.15, -0.1) is 0 Å². The second-order valence-electron chi connectivity index (χ2n) is 2.44. The first kappa shape index (κ1) is 8.93. The van der Waals surface area contributed by atoms with Crippen LogP contribution in [0, 0.1) is 0 Å². The predicted molar refractivity (Wildman–Crippen MR) is 46.7 cm³/mol. The van der Waals surface area contributed by atoms with E-state index in [9.17, 15) is 0 Å². The molecule has 0 amide bonds. The van der Waals surface area contributed by atoms with Gasteiger partial charge in [0.1, 0.15) is 12.4 Å². The van der Waals surface area contributed by atoms with Crippen molar-refractivity contribution in [3.63, 3.8) is 0 Å². The van der Waals surface area contributed by atoms with Gasteiger partial charge < -0.3 is 10.4 Å². The quantitative estimate of drug-likeness (QED) is 0.696. The van der Waals surface area contributed by atoms with Crippen LogP contribution in [0.2, 0.25) is 0 Å². The van der Waals surface area contributed by atoms with Crippen LogP contribution in [0.5, 0.6) is 0 Å². The smallest absolute Gasteiger partial charge is 0.156 e. The molecule has 66 valence electrons. The van der Waals surface area contributed by atoms with Crippen LogP contribution in [0.3, 0.4) is 0 Å². The highest BCUT2D eigenvalue weighted by Crippen LogP contribution is 2.01. The maximum atomic E-state index is 8.73. The molecular weight excluding hydrogens is 154 g/mol. The number of hydrogen-bond acceptors (Lipinski definition) is 4. The lowest BCUT2D eigenvalue weighted by molar-refractivity contribution is 0.271. The van der Waals surface area contributed by atoms with Crippen molar-refractivity contribution in [1.82, 2.24) is 9.97 Å². The van der Waals surface area contributed by atoms with Crippen molar-refractivity contribution in [2.45, 2.75) is 20.0 Å². The summed E-state index contributed by atoms with van der Waals surface area (Å²) in [6, 6.07) is 1.79. The van der Waals surface area contributed by atoms with Crippen LogP contribution in [-0.2, 0) is 6.61 Å². The Morgan fingerprint density at radius 3 is 3.08 bits per heavy atom. The van der Waals surface area contributed by atoms with E-state index in [0.29, 0.717) is 5.82 Å². The second kappa shape index (κ2) is 4.66. The van der Waals surface area contributed by atoms with E-state index in [2.05, 4.69) is 22.2 Å². The molecule has 0 saturated heterocycles. The van der Waals surface area contributed by atoms with E-state index in [1.807, 2.05) is 0 Å². The van der Waals surface area contributed by atoms with E-state index in [4.69, 9.17) is 5.11 Å². The lowest BCUT2D eigenvalue weighted by atomic mass is 10.4. The molecule has 0 fully saturated rings. The van der Waals surface area contributed by atoms with Gasteiger partial charge >= 0.3 is 0 Å². The fraction of sp³-hybridized carbons (Fsp3) is 0.500. The van der Waals surface area contributed by atoms with E-state index in [1.165, 1.54) is 0 Å². The van der Waals surface area contributed by atoms with Gasteiger partial charge in [0.25, 0.3) is 0 Å². The third-order valence-corrected chi connectivity index (χ3v) is 1.40. The molecule has 0 spiro atoms. The van der Waals surface area contributed by atoms with E-state index < -0.39 is 0 Å². The average Bonchev–Trinajstić information content (AvgIpc) is 2.15. The van der Waals surface area contributed by atoms with Crippen LogP contribution in [0.4, 0.5) is 5.82 Å². The minimum atomic E-state index is -0.109. The Balaban J connectivity index is 2.60. The molecule has 0 unspecified atom stereocenters. The second-order valence-corrected chi connectivity index (χ2v) is 2.44. The minimum absolute atomic E-state index is 0.109. The molecule has 1 aromatic heterocycles. The highest BCUT2D eigenvalue weighted by molar-refractivity contribution is 5.32. The average molecular weight is 167 g/mol. The van der Waals surface area contributed by atoms with E-state index >= 15 is 0 Å². The summed E-state index contributed by atoms with van der Waals surface area (Å²) in [4.78, 5) is 7.92. The summed E-state index contributed by atoms with van der Waals surface area (Å²) in [5.41, 5.74) is 0. The topological polar surface area (TPSA) is 58.0 Å². The number of aromatic nitrogens is 2. The van der Waals surface area contributed by atoms with Crippen LogP contribution in [0.25, 0.3) is 0 Å².